The summed E-state index contributed by atoms with van der Waals surface area (Å²) in [6, 6.07) is 19.9. The van der Waals surface area contributed by atoms with E-state index < -0.39 is 5.97 Å². The van der Waals surface area contributed by atoms with E-state index in [0.717, 1.165) is 23.1 Å². The first kappa shape index (κ1) is 23.8. The molecule has 3 aromatic rings. The van der Waals surface area contributed by atoms with Crippen molar-refractivity contribution in [1.29, 1.82) is 0 Å². The van der Waals surface area contributed by atoms with Crippen molar-refractivity contribution >= 4 is 29.2 Å². The molecule has 0 aromatic heterocycles. The third-order valence-corrected chi connectivity index (χ3v) is 6.79. The summed E-state index contributed by atoms with van der Waals surface area (Å²) >= 11 is 5.99. The quantitative estimate of drug-likeness (QED) is 0.369. The van der Waals surface area contributed by atoms with Crippen LogP contribution in [0, 0.1) is 5.92 Å². The molecule has 6 heteroatoms. The maximum absolute atomic E-state index is 13.3. The second-order valence-corrected chi connectivity index (χ2v) is 9.32. The minimum Gasteiger partial charge on any atom is -0.507 e. The lowest BCUT2D eigenvalue weighted by atomic mass is 10.0. The summed E-state index contributed by atoms with van der Waals surface area (Å²) in [4.78, 5) is 26.2. The Kier molecular flexibility index (Phi) is 7.53. The third kappa shape index (κ3) is 5.78. The first-order valence-electron chi connectivity index (χ1n) is 11.6. The SMILES string of the molecule is O=C(O)c1ccc(N(Cc2ccc(-c3ccc(Cl)cc3)cc2)C(=O)CCC2CCCC2)cc1O. The van der Waals surface area contributed by atoms with Crippen LogP contribution in [-0.4, -0.2) is 22.1 Å². The van der Waals surface area contributed by atoms with Gasteiger partial charge in [0.05, 0.1) is 6.54 Å². The number of phenols is 1. The summed E-state index contributed by atoms with van der Waals surface area (Å²) in [6.45, 7) is 0.330. The Morgan fingerprint density at radius 2 is 1.53 bits per heavy atom. The Balaban J connectivity index is 1.55. The van der Waals surface area contributed by atoms with Gasteiger partial charge in [-0.1, -0.05) is 73.7 Å². The summed E-state index contributed by atoms with van der Waals surface area (Å²) in [5.74, 6) is -0.999. The zero-order valence-electron chi connectivity index (χ0n) is 18.9. The number of carboxylic acid groups (broad SMARTS) is 1. The van der Waals surface area contributed by atoms with Crippen molar-refractivity contribution in [2.45, 2.75) is 45.1 Å². The monoisotopic (exact) mass is 477 g/mol. The van der Waals surface area contributed by atoms with Gasteiger partial charge in [-0.25, -0.2) is 4.79 Å². The lowest BCUT2D eigenvalue weighted by molar-refractivity contribution is -0.119. The normalized spacial score (nSPS) is 13.7. The minimum atomic E-state index is -1.21. The first-order chi connectivity index (χ1) is 16.4. The molecule has 0 atom stereocenters. The van der Waals surface area contributed by atoms with E-state index in [2.05, 4.69) is 0 Å². The molecule has 1 aliphatic rings. The van der Waals surface area contributed by atoms with Gasteiger partial charge in [-0.3, -0.25) is 4.79 Å². The predicted octanol–water partition coefficient (Wildman–Crippen LogP) is 6.91. The molecule has 2 N–H and O–H groups in total. The van der Waals surface area contributed by atoms with Crippen LogP contribution in [0.5, 0.6) is 5.75 Å². The van der Waals surface area contributed by atoms with E-state index >= 15 is 0 Å². The number of benzene rings is 3. The molecule has 0 unspecified atom stereocenters. The van der Waals surface area contributed by atoms with E-state index in [9.17, 15) is 19.8 Å². The van der Waals surface area contributed by atoms with Crippen LogP contribution in [0.1, 0.15) is 54.4 Å². The Morgan fingerprint density at radius 1 is 0.912 bits per heavy atom. The van der Waals surface area contributed by atoms with Crippen molar-refractivity contribution < 1.29 is 19.8 Å². The molecule has 0 saturated heterocycles. The van der Waals surface area contributed by atoms with Crippen molar-refractivity contribution in [3.05, 3.63) is 82.9 Å². The van der Waals surface area contributed by atoms with Crippen LogP contribution in [0.4, 0.5) is 5.69 Å². The number of carboxylic acids is 1. The largest absolute Gasteiger partial charge is 0.507 e. The number of hydrogen-bond acceptors (Lipinski definition) is 3. The average Bonchev–Trinajstić information content (AvgIpc) is 3.35. The highest BCUT2D eigenvalue weighted by Gasteiger charge is 2.22. The van der Waals surface area contributed by atoms with Gasteiger partial charge >= 0.3 is 5.97 Å². The van der Waals surface area contributed by atoms with E-state index in [0.29, 0.717) is 29.6 Å². The summed E-state index contributed by atoms with van der Waals surface area (Å²) in [5.41, 5.74) is 3.33. The van der Waals surface area contributed by atoms with E-state index in [1.165, 1.54) is 37.8 Å². The molecule has 0 heterocycles. The molecule has 1 amide bonds. The second kappa shape index (κ2) is 10.7. The topological polar surface area (TPSA) is 77.8 Å². The minimum absolute atomic E-state index is 0.0313. The molecule has 4 rings (SSSR count). The maximum atomic E-state index is 13.3. The number of rotatable bonds is 8. The summed E-state index contributed by atoms with van der Waals surface area (Å²) in [6.07, 6.45) is 6.08. The molecular formula is C28H28ClNO4. The molecule has 0 bridgehead atoms. The predicted molar refractivity (Wildman–Crippen MR) is 134 cm³/mol. The molecule has 1 aliphatic carbocycles. The van der Waals surface area contributed by atoms with Crippen molar-refractivity contribution in [2.24, 2.45) is 5.92 Å². The average molecular weight is 478 g/mol. The number of carbonyl (C=O) groups excluding carboxylic acids is 1. The van der Waals surface area contributed by atoms with Gasteiger partial charge in [0.25, 0.3) is 0 Å². The second-order valence-electron chi connectivity index (χ2n) is 8.88. The molecule has 3 aromatic carbocycles. The van der Waals surface area contributed by atoms with E-state index in [1.54, 1.807) is 11.0 Å². The van der Waals surface area contributed by atoms with Gasteiger partial charge in [0, 0.05) is 23.2 Å². The standard InChI is InChI=1S/C28H28ClNO4/c29-23-12-10-22(11-13-23)21-8-5-20(6-9-21)18-30(27(32)16-7-19-3-1-2-4-19)24-14-15-25(28(33)34)26(31)17-24/h5-6,8-15,17,19,31H,1-4,7,16,18H2,(H,33,34). The van der Waals surface area contributed by atoms with Gasteiger partial charge in [-0.05, 0) is 53.3 Å². The Labute approximate surface area is 204 Å². The molecule has 0 radical (unpaired) electrons. The van der Waals surface area contributed by atoms with Crippen molar-refractivity contribution in [3.8, 4) is 16.9 Å². The van der Waals surface area contributed by atoms with Crippen LogP contribution < -0.4 is 4.90 Å². The lowest BCUT2D eigenvalue weighted by Gasteiger charge is -2.24. The van der Waals surface area contributed by atoms with Crippen molar-refractivity contribution in [2.75, 3.05) is 4.90 Å². The fourth-order valence-corrected chi connectivity index (χ4v) is 4.71. The molecule has 5 nitrogen and oxygen atoms in total. The van der Waals surface area contributed by atoms with Crippen LogP contribution in [0.2, 0.25) is 5.02 Å². The zero-order chi connectivity index (χ0) is 24.1. The Hall–Kier alpha value is -3.31. The van der Waals surface area contributed by atoms with Gasteiger partial charge in [0.2, 0.25) is 5.91 Å². The molecule has 0 spiro atoms. The van der Waals surface area contributed by atoms with E-state index in [1.807, 2.05) is 48.5 Å². The number of nitrogens with zero attached hydrogens (tertiary/aromatic N) is 1. The molecule has 0 aliphatic heterocycles. The van der Waals surface area contributed by atoms with E-state index in [4.69, 9.17) is 11.6 Å². The van der Waals surface area contributed by atoms with Crippen LogP contribution in [0.25, 0.3) is 11.1 Å². The van der Waals surface area contributed by atoms with Gasteiger partial charge < -0.3 is 15.1 Å². The highest BCUT2D eigenvalue weighted by molar-refractivity contribution is 6.30. The van der Waals surface area contributed by atoms with Crippen LogP contribution in [-0.2, 0) is 11.3 Å². The number of halogens is 1. The van der Waals surface area contributed by atoms with Gasteiger partial charge in [-0.15, -0.1) is 0 Å². The number of anilines is 1. The highest BCUT2D eigenvalue weighted by atomic mass is 35.5. The number of aromatic carboxylic acids is 1. The number of aromatic hydroxyl groups is 1. The lowest BCUT2D eigenvalue weighted by Crippen LogP contribution is -2.30. The highest BCUT2D eigenvalue weighted by Crippen LogP contribution is 2.31. The summed E-state index contributed by atoms with van der Waals surface area (Å²) in [5, 5.41) is 20.1. The Bertz CT molecular complexity index is 1150. The maximum Gasteiger partial charge on any atom is 0.339 e. The molecule has 1 saturated carbocycles. The van der Waals surface area contributed by atoms with Crippen molar-refractivity contribution in [3.63, 3.8) is 0 Å². The molecule has 34 heavy (non-hydrogen) atoms. The molecule has 176 valence electrons. The van der Waals surface area contributed by atoms with Crippen LogP contribution in [0.3, 0.4) is 0 Å². The smallest absolute Gasteiger partial charge is 0.339 e. The zero-order valence-corrected chi connectivity index (χ0v) is 19.7. The molecular weight excluding hydrogens is 450 g/mol. The first-order valence-corrected chi connectivity index (χ1v) is 12.0. The molecule has 1 fully saturated rings. The van der Waals surface area contributed by atoms with Gasteiger partial charge in [0.15, 0.2) is 0 Å². The summed E-state index contributed by atoms with van der Waals surface area (Å²) in [7, 11) is 0. The van der Waals surface area contributed by atoms with Crippen LogP contribution in [0.15, 0.2) is 66.7 Å². The summed E-state index contributed by atoms with van der Waals surface area (Å²) < 4.78 is 0. The van der Waals surface area contributed by atoms with Crippen molar-refractivity contribution in [1.82, 2.24) is 0 Å². The van der Waals surface area contributed by atoms with E-state index in [-0.39, 0.29) is 17.2 Å². The van der Waals surface area contributed by atoms with Crippen LogP contribution >= 0.6 is 11.6 Å². The number of carbonyl (C=O) groups is 2. The Morgan fingerprint density at radius 3 is 2.12 bits per heavy atom. The number of hydrogen-bond donors (Lipinski definition) is 2. The van der Waals surface area contributed by atoms with Gasteiger partial charge in [-0.2, -0.15) is 0 Å². The number of amides is 1. The van der Waals surface area contributed by atoms with Gasteiger partial charge in [0.1, 0.15) is 11.3 Å². The third-order valence-electron chi connectivity index (χ3n) is 6.54. The fraction of sp³-hybridized carbons (Fsp3) is 0.286. The fourth-order valence-electron chi connectivity index (χ4n) is 4.58.